The Hall–Kier alpha value is -0.940. The van der Waals surface area contributed by atoms with E-state index in [0.29, 0.717) is 12.8 Å². The number of esters is 2. The van der Waals surface area contributed by atoms with E-state index >= 15 is 0 Å². The number of rotatable bonds is 8. The number of carbonyl (C=O) groups excluding carboxylic acids is 2. The van der Waals surface area contributed by atoms with Gasteiger partial charge in [-0.2, -0.15) is 0 Å². The SMILES string of the molecule is CN(C)CCCC(=O)OC(=O)CCCN(C)C. The van der Waals surface area contributed by atoms with Crippen molar-refractivity contribution in [3.63, 3.8) is 0 Å². The second-order valence-corrected chi connectivity index (χ2v) is 4.66. The molecule has 0 aromatic heterocycles. The van der Waals surface area contributed by atoms with Crippen molar-refractivity contribution in [1.29, 1.82) is 0 Å². The van der Waals surface area contributed by atoms with E-state index in [1.54, 1.807) is 0 Å². The van der Waals surface area contributed by atoms with Crippen molar-refractivity contribution in [3.8, 4) is 0 Å². The molecule has 0 fully saturated rings. The topological polar surface area (TPSA) is 49.9 Å². The second-order valence-electron chi connectivity index (χ2n) is 4.66. The van der Waals surface area contributed by atoms with E-state index in [1.807, 2.05) is 38.0 Å². The van der Waals surface area contributed by atoms with Crippen LogP contribution in [0.4, 0.5) is 0 Å². The van der Waals surface area contributed by atoms with Crippen LogP contribution in [-0.2, 0) is 14.3 Å². The molecule has 100 valence electrons. The minimum Gasteiger partial charge on any atom is -0.393 e. The van der Waals surface area contributed by atoms with Gasteiger partial charge >= 0.3 is 11.9 Å². The maximum Gasteiger partial charge on any atom is 0.313 e. The number of carbonyl (C=O) groups is 2. The molecule has 0 amide bonds. The molecule has 0 aliphatic heterocycles. The summed E-state index contributed by atoms with van der Waals surface area (Å²) >= 11 is 0. The van der Waals surface area contributed by atoms with Crippen molar-refractivity contribution < 1.29 is 14.3 Å². The molecular formula is C12H24N2O3. The first-order chi connectivity index (χ1) is 7.91. The summed E-state index contributed by atoms with van der Waals surface area (Å²) in [5.41, 5.74) is 0. The second kappa shape index (κ2) is 9.13. The van der Waals surface area contributed by atoms with Gasteiger partial charge in [-0.15, -0.1) is 0 Å². The van der Waals surface area contributed by atoms with Gasteiger partial charge < -0.3 is 14.5 Å². The predicted octanol–water partition coefficient (Wildman–Crippen LogP) is 0.740. The van der Waals surface area contributed by atoms with E-state index in [9.17, 15) is 9.59 Å². The van der Waals surface area contributed by atoms with Crippen LogP contribution in [-0.4, -0.2) is 63.0 Å². The van der Waals surface area contributed by atoms with Crippen molar-refractivity contribution >= 4 is 11.9 Å². The summed E-state index contributed by atoms with van der Waals surface area (Å²) in [6.07, 6.45) is 2.04. The molecule has 0 atom stereocenters. The van der Waals surface area contributed by atoms with Crippen molar-refractivity contribution in [2.24, 2.45) is 0 Å². The lowest BCUT2D eigenvalue weighted by Crippen LogP contribution is -2.18. The zero-order valence-corrected chi connectivity index (χ0v) is 11.4. The zero-order chi connectivity index (χ0) is 13.3. The molecule has 0 N–H and O–H groups in total. The van der Waals surface area contributed by atoms with Crippen LogP contribution in [0.5, 0.6) is 0 Å². The van der Waals surface area contributed by atoms with Gasteiger partial charge in [0.2, 0.25) is 0 Å². The third-order valence-electron chi connectivity index (χ3n) is 2.20. The van der Waals surface area contributed by atoms with Gasteiger partial charge in [0.25, 0.3) is 0 Å². The molecule has 0 bridgehead atoms. The zero-order valence-electron chi connectivity index (χ0n) is 11.4. The van der Waals surface area contributed by atoms with Crippen LogP contribution in [0.15, 0.2) is 0 Å². The molecule has 17 heavy (non-hydrogen) atoms. The normalized spacial score (nSPS) is 10.9. The molecule has 0 aliphatic carbocycles. The highest BCUT2D eigenvalue weighted by atomic mass is 16.6. The van der Waals surface area contributed by atoms with Gasteiger partial charge in [-0.25, -0.2) is 0 Å². The van der Waals surface area contributed by atoms with Crippen LogP contribution in [0.3, 0.4) is 0 Å². The van der Waals surface area contributed by atoms with Crippen LogP contribution >= 0.6 is 0 Å². The molecule has 0 radical (unpaired) electrons. The Morgan fingerprint density at radius 2 is 1.18 bits per heavy atom. The molecule has 0 spiro atoms. The van der Waals surface area contributed by atoms with Gasteiger partial charge in [-0.1, -0.05) is 0 Å². The Bertz CT molecular complexity index is 216. The molecule has 0 unspecified atom stereocenters. The average molecular weight is 244 g/mol. The molecule has 0 heterocycles. The van der Waals surface area contributed by atoms with Crippen LogP contribution in [0.1, 0.15) is 25.7 Å². The molecular weight excluding hydrogens is 220 g/mol. The average Bonchev–Trinajstić information content (AvgIpc) is 2.15. The predicted molar refractivity (Wildman–Crippen MR) is 66.7 cm³/mol. The van der Waals surface area contributed by atoms with Gasteiger partial charge in [0.1, 0.15) is 0 Å². The quantitative estimate of drug-likeness (QED) is 0.465. The first-order valence-corrected chi connectivity index (χ1v) is 5.94. The van der Waals surface area contributed by atoms with Gasteiger partial charge in [0.05, 0.1) is 0 Å². The van der Waals surface area contributed by atoms with Gasteiger partial charge in [0.15, 0.2) is 0 Å². The maximum atomic E-state index is 11.3. The Morgan fingerprint density at radius 1 is 0.824 bits per heavy atom. The molecule has 0 saturated carbocycles. The monoisotopic (exact) mass is 244 g/mol. The molecule has 0 rings (SSSR count). The summed E-state index contributed by atoms with van der Waals surface area (Å²) in [6, 6.07) is 0. The van der Waals surface area contributed by atoms with E-state index in [0.717, 1.165) is 25.9 Å². The number of hydrogen-bond acceptors (Lipinski definition) is 5. The third-order valence-corrected chi connectivity index (χ3v) is 2.20. The standard InChI is InChI=1S/C12H24N2O3/c1-13(2)9-5-7-11(15)17-12(16)8-6-10-14(3)4/h5-10H2,1-4H3. The lowest BCUT2D eigenvalue weighted by Gasteiger charge is -2.09. The summed E-state index contributed by atoms with van der Waals surface area (Å²) in [5, 5.41) is 0. The molecule has 0 aromatic rings. The van der Waals surface area contributed by atoms with Crippen LogP contribution in [0.2, 0.25) is 0 Å². The Morgan fingerprint density at radius 3 is 1.47 bits per heavy atom. The fourth-order valence-electron chi connectivity index (χ4n) is 1.31. The van der Waals surface area contributed by atoms with Crippen LogP contribution in [0.25, 0.3) is 0 Å². The largest absolute Gasteiger partial charge is 0.393 e. The number of hydrogen-bond donors (Lipinski definition) is 0. The van der Waals surface area contributed by atoms with Crippen molar-refractivity contribution in [2.75, 3.05) is 41.3 Å². The molecule has 0 aliphatic rings. The van der Waals surface area contributed by atoms with Gasteiger partial charge in [0, 0.05) is 12.8 Å². The first kappa shape index (κ1) is 16.1. The summed E-state index contributed by atoms with van der Waals surface area (Å²) in [5.74, 6) is -0.830. The summed E-state index contributed by atoms with van der Waals surface area (Å²) in [7, 11) is 7.77. The van der Waals surface area contributed by atoms with E-state index in [-0.39, 0.29) is 0 Å². The fraction of sp³-hybridized carbons (Fsp3) is 0.833. The maximum absolute atomic E-state index is 11.3. The molecule has 0 aromatic carbocycles. The fourth-order valence-corrected chi connectivity index (χ4v) is 1.31. The lowest BCUT2D eigenvalue weighted by molar-refractivity contribution is -0.159. The first-order valence-electron chi connectivity index (χ1n) is 5.94. The van der Waals surface area contributed by atoms with Gasteiger partial charge in [-0.3, -0.25) is 9.59 Å². The Labute approximate surface area is 104 Å². The summed E-state index contributed by atoms with van der Waals surface area (Å²) in [6.45, 7) is 1.65. The van der Waals surface area contributed by atoms with E-state index in [4.69, 9.17) is 4.74 Å². The lowest BCUT2D eigenvalue weighted by atomic mass is 10.3. The minimum atomic E-state index is -0.415. The molecule has 0 saturated heterocycles. The summed E-state index contributed by atoms with van der Waals surface area (Å²) in [4.78, 5) is 26.5. The van der Waals surface area contributed by atoms with Crippen molar-refractivity contribution in [1.82, 2.24) is 9.80 Å². The highest BCUT2D eigenvalue weighted by molar-refractivity contribution is 5.85. The smallest absolute Gasteiger partial charge is 0.313 e. The van der Waals surface area contributed by atoms with E-state index in [2.05, 4.69) is 0 Å². The third kappa shape index (κ3) is 11.3. The van der Waals surface area contributed by atoms with Crippen molar-refractivity contribution in [3.05, 3.63) is 0 Å². The molecule has 5 nitrogen and oxygen atoms in total. The highest BCUT2D eigenvalue weighted by Gasteiger charge is 2.10. The van der Waals surface area contributed by atoms with Crippen LogP contribution in [0, 0.1) is 0 Å². The van der Waals surface area contributed by atoms with E-state index < -0.39 is 11.9 Å². The van der Waals surface area contributed by atoms with Gasteiger partial charge in [-0.05, 0) is 54.1 Å². The van der Waals surface area contributed by atoms with Crippen LogP contribution < -0.4 is 0 Å². The minimum absolute atomic E-state index is 0.303. The number of ether oxygens (including phenoxy) is 1. The number of nitrogens with zero attached hydrogens (tertiary/aromatic N) is 2. The summed E-state index contributed by atoms with van der Waals surface area (Å²) < 4.78 is 4.70. The highest BCUT2D eigenvalue weighted by Crippen LogP contribution is 1.99. The Kier molecular flexibility index (Phi) is 8.62. The molecule has 5 heteroatoms. The van der Waals surface area contributed by atoms with E-state index in [1.165, 1.54) is 0 Å². The van der Waals surface area contributed by atoms with Crippen molar-refractivity contribution in [2.45, 2.75) is 25.7 Å². The Balaban J connectivity index is 3.56.